The van der Waals surface area contributed by atoms with Crippen molar-refractivity contribution < 1.29 is 14.3 Å². The van der Waals surface area contributed by atoms with Crippen molar-refractivity contribution in [3.63, 3.8) is 0 Å². The quantitative estimate of drug-likeness (QED) is 0.557. The van der Waals surface area contributed by atoms with Crippen LogP contribution < -0.4 is 10.1 Å². The molecule has 1 heterocycles. The summed E-state index contributed by atoms with van der Waals surface area (Å²) in [5, 5.41) is 2.93. The molecule has 0 radical (unpaired) electrons. The number of ether oxygens (including phenoxy) is 1. The molecule has 1 aromatic rings. The number of amides is 2. The van der Waals surface area contributed by atoms with Crippen LogP contribution in [0.15, 0.2) is 24.3 Å². The standard InChI is InChI=1S/C22H35N3O3/c1-4-5-6-7-15-28-20-11-9-19(10-12-20)23-22(27)18-16-21(26)25(17-18)14-8-13-24(2)3/h9-12,18H,4-8,13-17H2,1-3H3,(H,23,27). The topological polar surface area (TPSA) is 61.9 Å². The van der Waals surface area contributed by atoms with Crippen molar-refractivity contribution in [2.24, 2.45) is 5.92 Å². The van der Waals surface area contributed by atoms with Crippen LogP contribution in [-0.2, 0) is 9.59 Å². The average Bonchev–Trinajstić information content (AvgIpc) is 3.03. The van der Waals surface area contributed by atoms with Crippen LogP contribution in [0, 0.1) is 5.92 Å². The minimum Gasteiger partial charge on any atom is -0.494 e. The summed E-state index contributed by atoms with van der Waals surface area (Å²) in [4.78, 5) is 28.6. The van der Waals surface area contributed by atoms with Gasteiger partial charge in [-0.1, -0.05) is 26.2 Å². The van der Waals surface area contributed by atoms with Gasteiger partial charge in [-0.15, -0.1) is 0 Å². The van der Waals surface area contributed by atoms with Gasteiger partial charge in [-0.3, -0.25) is 9.59 Å². The zero-order valence-corrected chi connectivity index (χ0v) is 17.6. The van der Waals surface area contributed by atoms with E-state index in [9.17, 15) is 9.59 Å². The number of likely N-dealkylation sites (tertiary alicyclic amines) is 1. The number of carbonyl (C=O) groups is 2. The maximum absolute atomic E-state index is 12.5. The SMILES string of the molecule is CCCCCCOc1ccc(NC(=O)C2CC(=O)N(CCCN(C)C)C2)cc1. The minimum absolute atomic E-state index is 0.0747. The number of anilines is 1. The highest BCUT2D eigenvalue weighted by atomic mass is 16.5. The molecule has 156 valence electrons. The predicted octanol–water partition coefficient (Wildman–Crippen LogP) is 3.38. The number of nitrogens with one attached hydrogen (secondary N) is 1. The van der Waals surface area contributed by atoms with E-state index in [-0.39, 0.29) is 17.7 Å². The van der Waals surface area contributed by atoms with Crippen LogP contribution >= 0.6 is 0 Å². The second-order valence-corrected chi connectivity index (χ2v) is 7.82. The van der Waals surface area contributed by atoms with Crippen molar-refractivity contribution in [1.82, 2.24) is 9.80 Å². The lowest BCUT2D eigenvalue weighted by atomic mass is 10.1. The summed E-state index contributed by atoms with van der Waals surface area (Å²) in [6.07, 6.45) is 5.93. The lowest BCUT2D eigenvalue weighted by molar-refractivity contribution is -0.128. The second-order valence-electron chi connectivity index (χ2n) is 7.82. The van der Waals surface area contributed by atoms with E-state index < -0.39 is 0 Å². The molecule has 6 nitrogen and oxygen atoms in total. The van der Waals surface area contributed by atoms with Crippen LogP contribution in [0.4, 0.5) is 5.69 Å². The Hall–Kier alpha value is -2.08. The molecule has 0 aromatic heterocycles. The number of carbonyl (C=O) groups excluding carboxylic acids is 2. The van der Waals surface area contributed by atoms with Crippen molar-refractivity contribution >= 4 is 17.5 Å². The normalized spacial score (nSPS) is 16.6. The molecule has 0 aliphatic carbocycles. The molecule has 1 N–H and O–H groups in total. The van der Waals surface area contributed by atoms with Gasteiger partial charge in [0.25, 0.3) is 0 Å². The predicted molar refractivity (Wildman–Crippen MR) is 113 cm³/mol. The number of rotatable bonds is 12. The third-order valence-electron chi connectivity index (χ3n) is 5.01. The van der Waals surface area contributed by atoms with Crippen LogP contribution in [-0.4, -0.2) is 62.0 Å². The second kappa shape index (κ2) is 11.7. The van der Waals surface area contributed by atoms with Crippen LogP contribution in [0.2, 0.25) is 0 Å². The molecule has 0 bridgehead atoms. The average molecular weight is 390 g/mol. The molecule has 2 amide bonds. The Morgan fingerprint density at radius 3 is 2.61 bits per heavy atom. The van der Waals surface area contributed by atoms with Crippen LogP contribution in [0.3, 0.4) is 0 Å². The van der Waals surface area contributed by atoms with Gasteiger partial charge < -0.3 is 19.9 Å². The number of hydrogen-bond acceptors (Lipinski definition) is 4. The zero-order chi connectivity index (χ0) is 20.4. The lowest BCUT2D eigenvalue weighted by Gasteiger charge is -2.18. The van der Waals surface area contributed by atoms with E-state index >= 15 is 0 Å². The zero-order valence-electron chi connectivity index (χ0n) is 17.6. The summed E-state index contributed by atoms with van der Waals surface area (Å²) in [5.74, 6) is 0.529. The van der Waals surface area contributed by atoms with E-state index in [4.69, 9.17) is 4.74 Å². The van der Waals surface area contributed by atoms with E-state index in [1.54, 1.807) is 0 Å². The maximum atomic E-state index is 12.5. The molecule has 1 unspecified atom stereocenters. The van der Waals surface area contributed by atoms with Gasteiger partial charge in [0.2, 0.25) is 11.8 Å². The molecule has 0 saturated carbocycles. The molecule has 6 heteroatoms. The molecule has 1 atom stereocenters. The molecule has 1 fully saturated rings. The fraction of sp³-hybridized carbons (Fsp3) is 0.636. The van der Waals surface area contributed by atoms with Crippen molar-refractivity contribution in [3.8, 4) is 5.75 Å². The first-order valence-corrected chi connectivity index (χ1v) is 10.5. The van der Waals surface area contributed by atoms with Gasteiger partial charge in [0.1, 0.15) is 5.75 Å². The fourth-order valence-electron chi connectivity index (χ4n) is 3.34. The molecular weight excluding hydrogens is 354 g/mol. The highest BCUT2D eigenvalue weighted by Crippen LogP contribution is 2.21. The van der Waals surface area contributed by atoms with Crippen LogP contribution in [0.5, 0.6) is 5.75 Å². The molecule has 0 spiro atoms. The lowest BCUT2D eigenvalue weighted by Crippen LogP contribution is -2.30. The summed E-state index contributed by atoms with van der Waals surface area (Å²) >= 11 is 0. The Morgan fingerprint density at radius 2 is 1.93 bits per heavy atom. The van der Waals surface area contributed by atoms with Crippen molar-refractivity contribution in [3.05, 3.63) is 24.3 Å². The molecule has 1 aliphatic rings. The molecule has 2 rings (SSSR count). The minimum atomic E-state index is -0.277. The number of unbranched alkanes of at least 4 members (excludes halogenated alkanes) is 3. The third-order valence-corrected chi connectivity index (χ3v) is 5.01. The maximum Gasteiger partial charge on any atom is 0.229 e. The van der Waals surface area contributed by atoms with Gasteiger partial charge in [-0.05, 0) is 57.7 Å². The van der Waals surface area contributed by atoms with E-state index in [1.165, 1.54) is 19.3 Å². The van der Waals surface area contributed by atoms with Crippen molar-refractivity contribution in [1.29, 1.82) is 0 Å². The first-order chi connectivity index (χ1) is 13.5. The molecular formula is C22H35N3O3. The Bertz CT molecular complexity index is 616. The van der Waals surface area contributed by atoms with Crippen molar-refractivity contribution in [2.75, 3.05) is 45.7 Å². The molecule has 1 aromatic carbocycles. The Morgan fingerprint density at radius 1 is 1.18 bits per heavy atom. The van der Waals surface area contributed by atoms with Gasteiger partial charge in [0.15, 0.2) is 0 Å². The van der Waals surface area contributed by atoms with Gasteiger partial charge in [0.05, 0.1) is 12.5 Å². The van der Waals surface area contributed by atoms with Gasteiger partial charge >= 0.3 is 0 Å². The first-order valence-electron chi connectivity index (χ1n) is 10.5. The highest BCUT2D eigenvalue weighted by molar-refractivity contribution is 5.97. The van der Waals surface area contributed by atoms with Crippen molar-refractivity contribution in [2.45, 2.75) is 45.4 Å². The molecule has 1 saturated heterocycles. The monoisotopic (exact) mass is 389 g/mol. The van der Waals surface area contributed by atoms with Crippen LogP contribution in [0.1, 0.15) is 45.4 Å². The van der Waals surface area contributed by atoms with Gasteiger partial charge in [0, 0.05) is 25.2 Å². The summed E-state index contributed by atoms with van der Waals surface area (Å²) in [7, 11) is 4.04. The third kappa shape index (κ3) is 7.50. The summed E-state index contributed by atoms with van der Waals surface area (Å²) in [6.45, 7) is 5.08. The van der Waals surface area contributed by atoms with E-state index in [2.05, 4.69) is 17.1 Å². The molecule has 28 heavy (non-hydrogen) atoms. The Kier molecular flexibility index (Phi) is 9.28. The number of benzene rings is 1. The Labute approximate surface area is 169 Å². The summed E-state index contributed by atoms with van der Waals surface area (Å²) in [6, 6.07) is 7.46. The summed E-state index contributed by atoms with van der Waals surface area (Å²) in [5.41, 5.74) is 0.738. The smallest absolute Gasteiger partial charge is 0.229 e. The molecule has 1 aliphatic heterocycles. The van der Waals surface area contributed by atoms with Gasteiger partial charge in [-0.25, -0.2) is 0 Å². The van der Waals surface area contributed by atoms with E-state index in [0.717, 1.165) is 37.4 Å². The Balaban J connectivity index is 1.74. The van der Waals surface area contributed by atoms with E-state index in [0.29, 0.717) is 19.5 Å². The number of nitrogens with zero attached hydrogens (tertiary/aromatic N) is 2. The number of hydrogen-bond donors (Lipinski definition) is 1. The highest BCUT2D eigenvalue weighted by Gasteiger charge is 2.33. The van der Waals surface area contributed by atoms with Crippen LogP contribution in [0.25, 0.3) is 0 Å². The fourth-order valence-corrected chi connectivity index (χ4v) is 3.34. The largest absolute Gasteiger partial charge is 0.494 e. The first kappa shape index (κ1) is 22.2. The summed E-state index contributed by atoms with van der Waals surface area (Å²) < 4.78 is 5.73. The van der Waals surface area contributed by atoms with E-state index in [1.807, 2.05) is 43.3 Å². The van der Waals surface area contributed by atoms with Gasteiger partial charge in [-0.2, -0.15) is 0 Å².